The Morgan fingerprint density at radius 1 is 1.06 bits per heavy atom. The molecule has 0 aliphatic carbocycles. The third-order valence-corrected chi connectivity index (χ3v) is 6.09. The Labute approximate surface area is 187 Å². The van der Waals surface area contributed by atoms with Gasteiger partial charge in [-0.2, -0.15) is 0 Å². The van der Waals surface area contributed by atoms with Crippen LogP contribution in [0.15, 0.2) is 53.4 Å². The highest BCUT2D eigenvalue weighted by Crippen LogP contribution is 2.13. The SMILES string of the molecule is CC[N+](C)(C)CCCNC(=O)c1ccc(N(C)C)cc1.Cc1ccccc1S(=O)(=O)[O-]. The van der Waals surface area contributed by atoms with Crippen LogP contribution in [-0.2, 0) is 10.1 Å². The molecular weight excluding hydrogens is 414 g/mol. The van der Waals surface area contributed by atoms with Gasteiger partial charge in [-0.05, 0) is 49.7 Å². The first-order chi connectivity index (χ1) is 14.4. The second kappa shape index (κ2) is 11.8. The van der Waals surface area contributed by atoms with Crippen LogP contribution in [0.5, 0.6) is 0 Å². The number of quaternary nitrogens is 1. The van der Waals surface area contributed by atoms with E-state index in [0.29, 0.717) is 5.56 Å². The zero-order valence-electron chi connectivity index (χ0n) is 19.4. The normalized spacial score (nSPS) is 11.3. The molecule has 31 heavy (non-hydrogen) atoms. The van der Waals surface area contributed by atoms with Crippen molar-refractivity contribution in [1.29, 1.82) is 0 Å². The van der Waals surface area contributed by atoms with Crippen molar-refractivity contribution in [1.82, 2.24) is 5.32 Å². The fourth-order valence-electron chi connectivity index (χ4n) is 2.72. The lowest BCUT2D eigenvalue weighted by atomic mass is 10.2. The first-order valence-corrected chi connectivity index (χ1v) is 11.7. The summed E-state index contributed by atoms with van der Waals surface area (Å²) in [5.41, 5.74) is 2.31. The molecule has 1 amide bonds. The van der Waals surface area contributed by atoms with Crippen LogP contribution in [0.3, 0.4) is 0 Å². The molecule has 8 heteroatoms. The van der Waals surface area contributed by atoms with E-state index in [4.69, 9.17) is 0 Å². The Morgan fingerprint density at radius 2 is 1.65 bits per heavy atom. The molecule has 0 radical (unpaired) electrons. The zero-order valence-corrected chi connectivity index (χ0v) is 20.2. The molecule has 0 bridgehead atoms. The van der Waals surface area contributed by atoms with Crippen molar-refractivity contribution < 1.29 is 22.2 Å². The fraction of sp³-hybridized carbons (Fsp3) is 0.435. The standard InChI is InChI=1S/C16H27N3O.C7H8O3S/c1-6-19(4,5)13-7-12-17-16(20)14-8-10-15(11-9-14)18(2)3;1-6-4-2-3-5-7(6)11(8,9)10/h8-11H,6-7,12-13H2,1-5H3;2-5H,1H3,(H,8,9,10). The molecule has 0 saturated carbocycles. The van der Waals surface area contributed by atoms with Crippen LogP contribution >= 0.6 is 0 Å². The second-order valence-electron chi connectivity index (χ2n) is 8.25. The van der Waals surface area contributed by atoms with Crippen LogP contribution in [0.1, 0.15) is 29.3 Å². The predicted molar refractivity (Wildman–Crippen MR) is 124 cm³/mol. The minimum atomic E-state index is -4.28. The van der Waals surface area contributed by atoms with Gasteiger partial charge in [-0.3, -0.25) is 4.79 Å². The fourth-order valence-corrected chi connectivity index (χ4v) is 3.42. The van der Waals surface area contributed by atoms with Gasteiger partial charge in [0.05, 0.1) is 32.1 Å². The summed E-state index contributed by atoms with van der Waals surface area (Å²) >= 11 is 0. The summed E-state index contributed by atoms with van der Waals surface area (Å²) in [6.07, 6.45) is 1.00. The molecule has 2 aromatic rings. The largest absolute Gasteiger partial charge is 0.744 e. The number of aryl methyl sites for hydroxylation is 1. The lowest BCUT2D eigenvalue weighted by molar-refractivity contribution is -0.888. The molecule has 0 heterocycles. The number of rotatable bonds is 8. The van der Waals surface area contributed by atoms with E-state index in [-0.39, 0.29) is 10.8 Å². The highest BCUT2D eigenvalue weighted by molar-refractivity contribution is 7.85. The van der Waals surface area contributed by atoms with Gasteiger partial charge in [0.1, 0.15) is 10.1 Å². The van der Waals surface area contributed by atoms with Gasteiger partial charge in [0.2, 0.25) is 0 Å². The average Bonchev–Trinajstić information content (AvgIpc) is 2.71. The molecule has 1 N–H and O–H groups in total. The molecule has 0 fully saturated rings. The molecule has 0 aliphatic rings. The summed E-state index contributed by atoms with van der Waals surface area (Å²) in [4.78, 5) is 13.9. The zero-order chi connectivity index (χ0) is 23.7. The summed E-state index contributed by atoms with van der Waals surface area (Å²) in [5, 5.41) is 2.98. The molecular formula is C23H35N3O4S. The van der Waals surface area contributed by atoms with Crippen molar-refractivity contribution in [2.75, 3.05) is 52.7 Å². The van der Waals surface area contributed by atoms with Crippen molar-refractivity contribution in [3.8, 4) is 0 Å². The van der Waals surface area contributed by atoms with Crippen LogP contribution < -0.4 is 10.2 Å². The molecule has 7 nitrogen and oxygen atoms in total. The van der Waals surface area contributed by atoms with Crippen molar-refractivity contribution >= 4 is 21.7 Å². The number of hydrogen-bond acceptors (Lipinski definition) is 5. The number of nitrogens with zero attached hydrogens (tertiary/aromatic N) is 2. The lowest BCUT2D eigenvalue weighted by Crippen LogP contribution is -2.41. The van der Waals surface area contributed by atoms with Gasteiger partial charge >= 0.3 is 0 Å². The maximum Gasteiger partial charge on any atom is 0.251 e. The van der Waals surface area contributed by atoms with Gasteiger partial charge in [0.15, 0.2) is 0 Å². The van der Waals surface area contributed by atoms with Crippen molar-refractivity contribution in [2.24, 2.45) is 0 Å². The minimum absolute atomic E-state index is 0.0112. The van der Waals surface area contributed by atoms with Gasteiger partial charge in [-0.1, -0.05) is 18.2 Å². The Bertz CT molecular complexity index is 940. The molecule has 0 saturated heterocycles. The summed E-state index contributed by atoms with van der Waals surface area (Å²) in [5.74, 6) is 0.0112. The van der Waals surface area contributed by atoms with Crippen LogP contribution in [0.2, 0.25) is 0 Å². The van der Waals surface area contributed by atoms with E-state index in [2.05, 4.69) is 26.3 Å². The maximum absolute atomic E-state index is 12.0. The lowest BCUT2D eigenvalue weighted by Gasteiger charge is -2.28. The van der Waals surface area contributed by atoms with Crippen molar-refractivity contribution in [2.45, 2.75) is 25.2 Å². The summed E-state index contributed by atoms with van der Waals surface area (Å²) in [6.45, 7) is 6.70. The van der Waals surface area contributed by atoms with Crippen LogP contribution in [0, 0.1) is 6.92 Å². The van der Waals surface area contributed by atoms with Gasteiger partial charge in [-0.15, -0.1) is 0 Å². The van der Waals surface area contributed by atoms with Gasteiger partial charge in [0.25, 0.3) is 5.91 Å². The Hall–Kier alpha value is -2.42. The van der Waals surface area contributed by atoms with Crippen LogP contribution in [0.4, 0.5) is 5.69 Å². The third kappa shape index (κ3) is 9.50. The number of carbonyl (C=O) groups is 1. The van der Waals surface area contributed by atoms with E-state index >= 15 is 0 Å². The molecule has 2 rings (SSSR count). The molecule has 172 valence electrons. The maximum atomic E-state index is 12.0. The topological polar surface area (TPSA) is 89.5 Å². The number of carbonyl (C=O) groups excluding carboxylic acids is 1. The number of benzene rings is 2. The predicted octanol–water partition coefficient (Wildman–Crippen LogP) is 2.87. The van der Waals surface area contributed by atoms with E-state index in [9.17, 15) is 17.8 Å². The first kappa shape index (κ1) is 26.6. The minimum Gasteiger partial charge on any atom is -0.744 e. The number of amides is 1. The highest BCUT2D eigenvalue weighted by atomic mass is 32.2. The summed E-state index contributed by atoms with van der Waals surface area (Å²) in [6, 6.07) is 13.8. The highest BCUT2D eigenvalue weighted by Gasteiger charge is 2.11. The first-order valence-electron chi connectivity index (χ1n) is 10.3. The quantitative estimate of drug-likeness (QED) is 0.380. The average molecular weight is 450 g/mol. The van der Waals surface area contributed by atoms with E-state index in [0.717, 1.165) is 41.8 Å². The molecule has 0 aromatic heterocycles. The Kier molecular flexibility index (Phi) is 10.2. The molecule has 0 aliphatic heterocycles. The monoisotopic (exact) mass is 449 g/mol. The number of anilines is 1. The van der Waals surface area contributed by atoms with Gasteiger partial charge in [0, 0.05) is 38.3 Å². The molecule has 0 spiro atoms. The number of nitrogens with one attached hydrogen (secondary N) is 1. The van der Waals surface area contributed by atoms with E-state index in [1.807, 2.05) is 43.3 Å². The van der Waals surface area contributed by atoms with Crippen molar-refractivity contribution in [3.05, 3.63) is 59.7 Å². The summed E-state index contributed by atoms with van der Waals surface area (Å²) < 4.78 is 32.5. The van der Waals surface area contributed by atoms with Crippen LogP contribution in [0.25, 0.3) is 0 Å². The van der Waals surface area contributed by atoms with E-state index < -0.39 is 10.1 Å². The Balaban J connectivity index is 0.000000367. The summed E-state index contributed by atoms with van der Waals surface area (Å²) in [7, 11) is 4.11. The van der Waals surface area contributed by atoms with Gasteiger partial charge in [-0.25, -0.2) is 8.42 Å². The molecule has 2 aromatic carbocycles. The Morgan fingerprint density at radius 3 is 2.10 bits per heavy atom. The smallest absolute Gasteiger partial charge is 0.251 e. The second-order valence-corrected chi connectivity index (χ2v) is 9.59. The van der Waals surface area contributed by atoms with Crippen LogP contribution in [-0.4, -0.2) is 71.2 Å². The van der Waals surface area contributed by atoms with Crippen molar-refractivity contribution in [3.63, 3.8) is 0 Å². The number of hydrogen-bond donors (Lipinski definition) is 1. The molecule has 0 atom stereocenters. The van der Waals surface area contributed by atoms with E-state index in [1.165, 1.54) is 12.1 Å². The third-order valence-electron chi connectivity index (χ3n) is 5.09. The van der Waals surface area contributed by atoms with Gasteiger partial charge < -0.3 is 19.3 Å². The molecule has 0 unspecified atom stereocenters. The van der Waals surface area contributed by atoms with E-state index in [1.54, 1.807) is 19.1 Å².